The molecule has 19 heavy (non-hydrogen) atoms. The third-order valence-electron chi connectivity index (χ3n) is 4.43. The summed E-state index contributed by atoms with van der Waals surface area (Å²) < 4.78 is 0. The van der Waals surface area contributed by atoms with E-state index in [1.165, 1.54) is 0 Å². The number of nitrogens with two attached hydrogens (primary N) is 1. The molecule has 0 radical (unpaired) electrons. The van der Waals surface area contributed by atoms with Gasteiger partial charge in [-0.3, -0.25) is 9.89 Å². The van der Waals surface area contributed by atoms with Gasteiger partial charge < -0.3 is 10.6 Å². The van der Waals surface area contributed by atoms with Gasteiger partial charge in [0.25, 0.3) is 5.91 Å². The number of hydrogen-bond donors (Lipinski definition) is 2. The molecule has 0 spiro atoms. The summed E-state index contributed by atoms with van der Waals surface area (Å²) in [6.07, 6.45) is 6.36. The first kappa shape index (κ1) is 12.7. The van der Waals surface area contributed by atoms with Crippen LogP contribution in [0.3, 0.4) is 0 Å². The smallest absolute Gasteiger partial charge is 0.274 e. The molecule has 104 valence electrons. The van der Waals surface area contributed by atoms with Crippen molar-refractivity contribution in [1.82, 2.24) is 15.1 Å². The van der Waals surface area contributed by atoms with Crippen molar-refractivity contribution in [3.63, 3.8) is 0 Å². The average molecular weight is 262 g/mol. The van der Waals surface area contributed by atoms with Gasteiger partial charge in [0.1, 0.15) is 0 Å². The van der Waals surface area contributed by atoms with Crippen molar-refractivity contribution in [2.45, 2.75) is 57.5 Å². The molecule has 3 rings (SSSR count). The van der Waals surface area contributed by atoms with E-state index in [1.807, 2.05) is 11.8 Å². The monoisotopic (exact) mass is 262 g/mol. The number of aromatic nitrogens is 2. The first-order chi connectivity index (χ1) is 9.18. The summed E-state index contributed by atoms with van der Waals surface area (Å²) in [6, 6.07) is 0.186. The molecule has 1 aromatic heterocycles. The highest BCUT2D eigenvalue weighted by molar-refractivity contribution is 5.94. The predicted octanol–water partition coefficient (Wildman–Crippen LogP) is 1.24. The number of piperidine rings is 1. The highest BCUT2D eigenvalue weighted by atomic mass is 16.2. The summed E-state index contributed by atoms with van der Waals surface area (Å²) in [7, 11) is 0. The second kappa shape index (κ2) is 4.96. The molecule has 2 unspecified atom stereocenters. The fraction of sp³-hybridized carbons (Fsp3) is 0.714. The summed E-state index contributed by atoms with van der Waals surface area (Å²) in [5.74, 6) is 0.0707. The fourth-order valence-corrected chi connectivity index (χ4v) is 3.39. The van der Waals surface area contributed by atoms with Crippen LogP contribution in [0.1, 0.15) is 54.4 Å². The van der Waals surface area contributed by atoms with Crippen LogP contribution < -0.4 is 5.73 Å². The van der Waals surface area contributed by atoms with E-state index in [1.54, 1.807) is 0 Å². The SMILES string of the molecule is CC(N)C1CCCCN1C(=O)c1n[nH]c2c1CCC2. The van der Waals surface area contributed by atoms with E-state index in [4.69, 9.17) is 5.73 Å². The number of nitrogens with zero attached hydrogens (tertiary/aromatic N) is 2. The van der Waals surface area contributed by atoms with E-state index >= 15 is 0 Å². The Morgan fingerprint density at radius 1 is 1.42 bits per heavy atom. The molecule has 1 fully saturated rings. The van der Waals surface area contributed by atoms with Gasteiger partial charge in [-0.15, -0.1) is 0 Å². The molecule has 0 aromatic carbocycles. The van der Waals surface area contributed by atoms with Crippen LogP contribution in [0, 0.1) is 0 Å². The van der Waals surface area contributed by atoms with Gasteiger partial charge in [0.15, 0.2) is 5.69 Å². The first-order valence-corrected chi connectivity index (χ1v) is 7.31. The molecule has 0 saturated carbocycles. The third kappa shape index (κ3) is 2.16. The summed E-state index contributed by atoms with van der Waals surface area (Å²) in [5.41, 5.74) is 8.97. The van der Waals surface area contributed by atoms with E-state index in [0.717, 1.165) is 56.3 Å². The van der Waals surface area contributed by atoms with Gasteiger partial charge in [-0.25, -0.2) is 0 Å². The Bertz CT molecular complexity index is 480. The summed E-state index contributed by atoms with van der Waals surface area (Å²) in [6.45, 7) is 2.80. The topological polar surface area (TPSA) is 75.0 Å². The van der Waals surface area contributed by atoms with Crippen molar-refractivity contribution in [3.05, 3.63) is 17.0 Å². The predicted molar refractivity (Wildman–Crippen MR) is 72.9 cm³/mol. The summed E-state index contributed by atoms with van der Waals surface area (Å²) >= 11 is 0. The van der Waals surface area contributed by atoms with Crippen molar-refractivity contribution in [2.75, 3.05) is 6.54 Å². The lowest BCUT2D eigenvalue weighted by Gasteiger charge is -2.37. The van der Waals surface area contributed by atoms with Gasteiger partial charge in [-0.1, -0.05) is 0 Å². The Balaban J connectivity index is 1.85. The zero-order valence-electron chi connectivity index (χ0n) is 11.5. The molecule has 1 amide bonds. The molecule has 1 aliphatic heterocycles. The molecular formula is C14H22N4O. The van der Waals surface area contributed by atoms with Crippen molar-refractivity contribution in [1.29, 1.82) is 0 Å². The number of amides is 1. The van der Waals surface area contributed by atoms with Gasteiger partial charge in [0.2, 0.25) is 0 Å². The largest absolute Gasteiger partial charge is 0.333 e. The fourth-order valence-electron chi connectivity index (χ4n) is 3.39. The number of hydrogen-bond acceptors (Lipinski definition) is 3. The number of carbonyl (C=O) groups excluding carboxylic acids is 1. The summed E-state index contributed by atoms with van der Waals surface area (Å²) in [4.78, 5) is 14.7. The minimum absolute atomic E-state index is 0.0243. The molecule has 5 heteroatoms. The number of aryl methyl sites for hydroxylation is 1. The Hall–Kier alpha value is -1.36. The van der Waals surface area contributed by atoms with Crippen LogP contribution in [0.4, 0.5) is 0 Å². The highest BCUT2D eigenvalue weighted by Crippen LogP contribution is 2.26. The normalized spacial score (nSPS) is 24.3. The van der Waals surface area contributed by atoms with Crippen molar-refractivity contribution in [3.8, 4) is 0 Å². The molecule has 0 bridgehead atoms. The molecule has 3 N–H and O–H groups in total. The number of fused-ring (bicyclic) bond motifs is 1. The number of H-pyrrole nitrogens is 1. The lowest BCUT2D eigenvalue weighted by Crippen LogP contribution is -2.51. The van der Waals surface area contributed by atoms with E-state index in [9.17, 15) is 4.79 Å². The van der Waals surface area contributed by atoms with E-state index < -0.39 is 0 Å². The second-order valence-electron chi connectivity index (χ2n) is 5.80. The van der Waals surface area contributed by atoms with Gasteiger partial charge in [-0.2, -0.15) is 5.10 Å². The maximum atomic E-state index is 12.7. The standard InChI is InChI=1S/C14H22N4O/c1-9(15)12-7-2-3-8-18(12)14(19)13-10-5-4-6-11(10)16-17-13/h9,12H,2-8,15H2,1H3,(H,16,17). The molecule has 1 saturated heterocycles. The number of nitrogens with one attached hydrogen (secondary N) is 1. The molecule has 2 aliphatic rings. The Morgan fingerprint density at radius 2 is 2.26 bits per heavy atom. The number of rotatable bonds is 2. The second-order valence-corrected chi connectivity index (χ2v) is 5.80. The van der Waals surface area contributed by atoms with E-state index in [0.29, 0.717) is 5.69 Å². The maximum Gasteiger partial charge on any atom is 0.274 e. The lowest BCUT2D eigenvalue weighted by atomic mass is 9.96. The Kier molecular flexibility index (Phi) is 3.31. The Morgan fingerprint density at radius 3 is 3.05 bits per heavy atom. The van der Waals surface area contributed by atoms with Gasteiger partial charge >= 0.3 is 0 Å². The maximum absolute atomic E-state index is 12.7. The number of carbonyl (C=O) groups is 1. The Labute approximate surface area is 113 Å². The van der Waals surface area contributed by atoms with Gasteiger partial charge in [0, 0.05) is 29.9 Å². The minimum atomic E-state index is 0.0243. The third-order valence-corrected chi connectivity index (χ3v) is 4.43. The molecule has 2 heterocycles. The molecule has 2 atom stereocenters. The highest BCUT2D eigenvalue weighted by Gasteiger charge is 2.33. The zero-order valence-corrected chi connectivity index (χ0v) is 11.5. The number of likely N-dealkylation sites (tertiary alicyclic amines) is 1. The minimum Gasteiger partial charge on any atom is -0.333 e. The lowest BCUT2D eigenvalue weighted by molar-refractivity contribution is 0.0576. The van der Waals surface area contributed by atoms with Crippen LogP contribution in [0.2, 0.25) is 0 Å². The van der Waals surface area contributed by atoms with Crippen LogP contribution in [0.15, 0.2) is 0 Å². The quantitative estimate of drug-likeness (QED) is 0.842. The number of aromatic amines is 1. The van der Waals surface area contributed by atoms with Gasteiger partial charge in [0.05, 0.1) is 0 Å². The van der Waals surface area contributed by atoms with Crippen LogP contribution in [-0.2, 0) is 12.8 Å². The van der Waals surface area contributed by atoms with Crippen LogP contribution in [0.25, 0.3) is 0 Å². The van der Waals surface area contributed by atoms with E-state index in [2.05, 4.69) is 10.2 Å². The zero-order chi connectivity index (χ0) is 13.4. The average Bonchev–Trinajstić information content (AvgIpc) is 3.00. The van der Waals surface area contributed by atoms with E-state index in [-0.39, 0.29) is 18.0 Å². The van der Waals surface area contributed by atoms with Crippen LogP contribution in [-0.4, -0.2) is 39.6 Å². The molecule has 1 aliphatic carbocycles. The van der Waals surface area contributed by atoms with Crippen LogP contribution >= 0.6 is 0 Å². The molecule has 5 nitrogen and oxygen atoms in total. The van der Waals surface area contributed by atoms with Crippen molar-refractivity contribution >= 4 is 5.91 Å². The van der Waals surface area contributed by atoms with Crippen molar-refractivity contribution < 1.29 is 4.79 Å². The van der Waals surface area contributed by atoms with Crippen molar-refractivity contribution in [2.24, 2.45) is 5.73 Å². The first-order valence-electron chi connectivity index (χ1n) is 7.31. The van der Waals surface area contributed by atoms with Gasteiger partial charge in [-0.05, 0) is 45.4 Å². The summed E-state index contributed by atoms with van der Waals surface area (Å²) in [5, 5.41) is 7.27. The molecule has 1 aromatic rings. The van der Waals surface area contributed by atoms with Crippen LogP contribution in [0.5, 0.6) is 0 Å². The molecular weight excluding hydrogens is 240 g/mol.